The summed E-state index contributed by atoms with van der Waals surface area (Å²) in [7, 11) is 4.66. The zero-order valence-corrected chi connectivity index (χ0v) is 20.5. The van der Waals surface area contributed by atoms with Gasteiger partial charge in [-0.2, -0.15) is 0 Å². The third-order valence-corrected chi connectivity index (χ3v) is 5.76. The van der Waals surface area contributed by atoms with Gasteiger partial charge in [-0.15, -0.1) is 0 Å². The van der Waals surface area contributed by atoms with E-state index in [1.807, 2.05) is 6.07 Å². The van der Waals surface area contributed by atoms with Gasteiger partial charge in [0.1, 0.15) is 11.8 Å². The fourth-order valence-electron chi connectivity index (χ4n) is 3.94. The molecule has 0 saturated carbocycles. The Morgan fingerprint density at radius 2 is 1.57 bits per heavy atom. The van der Waals surface area contributed by atoms with Crippen molar-refractivity contribution in [2.24, 2.45) is 0 Å². The summed E-state index contributed by atoms with van der Waals surface area (Å²) >= 11 is 0. The van der Waals surface area contributed by atoms with Crippen molar-refractivity contribution in [2.45, 2.75) is 19.4 Å². The first kappa shape index (κ1) is 25.7. The van der Waals surface area contributed by atoms with Crippen LogP contribution < -0.4 is 24.8 Å². The van der Waals surface area contributed by atoms with Crippen LogP contribution in [0.25, 0.3) is 0 Å². The van der Waals surface area contributed by atoms with Crippen LogP contribution in [-0.2, 0) is 16.0 Å². The Morgan fingerprint density at radius 3 is 2.20 bits per heavy atom. The van der Waals surface area contributed by atoms with E-state index in [9.17, 15) is 14.4 Å². The number of benzene rings is 2. The molecule has 1 aliphatic heterocycles. The van der Waals surface area contributed by atoms with E-state index in [0.29, 0.717) is 55.5 Å². The second-order valence-corrected chi connectivity index (χ2v) is 8.12. The predicted octanol–water partition coefficient (Wildman–Crippen LogP) is 2.14. The summed E-state index contributed by atoms with van der Waals surface area (Å²) in [6.45, 7) is 2.88. The third kappa shape index (κ3) is 6.78. The number of amides is 4. The summed E-state index contributed by atoms with van der Waals surface area (Å²) in [5, 5.41) is 5.62. The molecule has 0 aliphatic carbocycles. The molecule has 0 unspecified atom stereocenters. The SMILES string of the molecule is COc1cccc(NC(=O)N2CCN(C(=O)[C@H](Cc3ccc(OC)c(OC)c3)NC(C)=O)CC2)c1. The van der Waals surface area contributed by atoms with E-state index in [1.54, 1.807) is 67.5 Å². The lowest BCUT2D eigenvalue weighted by Gasteiger charge is -2.36. The number of nitrogens with one attached hydrogen (secondary N) is 2. The molecule has 3 rings (SSSR count). The number of piperazine rings is 1. The molecular weight excluding hydrogens is 452 g/mol. The number of nitrogens with zero attached hydrogens (tertiary/aromatic N) is 2. The van der Waals surface area contributed by atoms with Gasteiger partial charge >= 0.3 is 6.03 Å². The maximum Gasteiger partial charge on any atom is 0.321 e. The highest BCUT2D eigenvalue weighted by Crippen LogP contribution is 2.28. The molecule has 1 saturated heterocycles. The van der Waals surface area contributed by atoms with Crippen LogP contribution in [-0.4, -0.2) is 81.2 Å². The Kier molecular flexibility index (Phi) is 8.77. The maximum atomic E-state index is 13.3. The number of hydrogen-bond donors (Lipinski definition) is 2. The number of urea groups is 1. The molecule has 2 aromatic rings. The molecule has 35 heavy (non-hydrogen) atoms. The van der Waals surface area contributed by atoms with Crippen LogP contribution in [0.2, 0.25) is 0 Å². The largest absolute Gasteiger partial charge is 0.497 e. The summed E-state index contributed by atoms with van der Waals surface area (Å²) in [5.74, 6) is 1.30. The molecule has 2 N–H and O–H groups in total. The molecule has 0 radical (unpaired) electrons. The van der Waals surface area contributed by atoms with Crippen LogP contribution in [0.4, 0.5) is 10.5 Å². The molecule has 1 atom stereocenters. The molecule has 2 aromatic carbocycles. The van der Waals surface area contributed by atoms with Gasteiger partial charge in [0.2, 0.25) is 11.8 Å². The fourth-order valence-corrected chi connectivity index (χ4v) is 3.94. The third-order valence-electron chi connectivity index (χ3n) is 5.76. The molecule has 0 bridgehead atoms. The normalized spacial score (nSPS) is 14.1. The van der Waals surface area contributed by atoms with E-state index in [1.165, 1.54) is 6.92 Å². The molecule has 0 spiro atoms. The standard InChI is InChI=1S/C25H32N4O6/c1-17(30)26-21(14-18-8-9-22(34-3)23(15-18)35-4)24(31)28-10-12-29(13-11-28)25(32)27-19-6-5-7-20(16-19)33-2/h5-9,15-16,21H,10-14H2,1-4H3,(H,26,30)(H,27,32)/t21-/m0/s1. The molecule has 0 aromatic heterocycles. The minimum Gasteiger partial charge on any atom is -0.497 e. The number of rotatable bonds is 8. The highest BCUT2D eigenvalue weighted by Gasteiger charge is 2.30. The predicted molar refractivity (Wildman–Crippen MR) is 131 cm³/mol. The lowest BCUT2D eigenvalue weighted by atomic mass is 10.0. The van der Waals surface area contributed by atoms with E-state index in [4.69, 9.17) is 14.2 Å². The molecule has 10 heteroatoms. The van der Waals surface area contributed by atoms with Gasteiger partial charge in [0.15, 0.2) is 11.5 Å². The zero-order valence-electron chi connectivity index (χ0n) is 20.5. The summed E-state index contributed by atoms with van der Waals surface area (Å²) in [5.41, 5.74) is 1.46. The Bertz CT molecular complexity index is 1050. The number of methoxy groups -OCH3 is 3. The van der Waals surface area contributed by atoms with Gasteiger partial charge in [-0.1, -0.05) is 12.1 Å². The van der Waals surface area contributed by atoms with Crippen LogP contribution in [0.5, 0.6) is 17.2 Å². The van der Waals surface area contributed by atoms with E-state index < -0.39 is 6.04 Å². The second kappa shape index (κ2) is 12.0. The van der Waals surface area contributed by atoms with Gasteiger partial charge in [0.05, 0.1) is 21.3 Å². The molecule has 188 valence electrons. The molecule has 4 amide bonds. The van der Waals surface area contributed by atoms with Gasteiger partial charge in [0, 0.05) is 51.3 Å². The van der Waals surface area contributed by atoms with E-state index in [-0.39, 0.29) is 17.8 Å². The number of carbonyl (C=O) groups excluding carboxylic acids is 3. The van der Waals surface area contributed by atoms with Crippen LogP contribution in [0.15, 0.2) is 42.5 Å². The number of anilines is 1. The summed E-state index contributed by atoms with van der Waals surface area (Å²) < 4.78 is 15.8. The molecule has 1 fully saturated rings. The first-order chi connectivity index (χ1) is 16.8. The first-order valence-corrected chi connectivity index (χ1v) is 11.3. The van der Waals surface area contributed by atoms with Gasteiger partial charge in [-0.05, 0) is 29.8 Å². The van der Waals surface area contributed by atoms with E-state index in [0.717, 1.165) is 5.56 Å². The average Bonchev–Trinajstić information content (AvgIpc) is 2.87. The summed E-state index contributed by atoms with van der Waals surface area (Å²) in [6.07, 6.45) is 0.301. The fraction of sp³-hybridized carbons (Fsp3) is 0.400. The summed E-state index contributed by atoms with van der Waals surface area (Å²) in [4.78, 5) is 41.1. The minimum atomic E-state index is -0.734. The van der Waals surface area contributed by atoms with Crippen molar-refractivity contribution in [1.82, 2.24) is 15.1 Å². The van der Waals surface area contributed by atoms with Crippen LogP contribution in [0, 0.1) is 0 Å². The monoisotopic (exact) mass is 484 g/mol. The van der Waals surface area contributed by atoms with E-state index >= 15 is 0 Å². The van der Waals surface area contributed by atoms with Crippen LogP contribution in [0.3, 0.4) is 0 Å². The Hall–Kier alpha value is -3.95. The van der Waals surface area contributed by atoms with Gasteiger partial charge in [0.25, 0.3) is 0 Å². The molecular formula is C25H32N4O6. The zero-order chi connectivity index (χ0) is 25.4. The van der Waals surface area contributed by atoms with Gasteiger partial charge < -0.3 is 34.6 Å². The van der Waals surface area contributed by atoms with Crippen LogP contribution in [0.1, 0.15) is 12.5 Å². The second-order valence-electron chi connectivity index (χ2n) is 8.12. The number of ether oxygens (including phenoxy) is 3. The lowest BCUT2D eigenvalue weighted by molar-refractivity contribution is -0.137. The smallest absolute Gasteiger partial charge is 0.321 e. The minimum absolute atomic E-state index is 0.192. The van der Waals surface area contributed by atoms with Crippen molar-refractivity contribution in [1.29, 1.82) is 0 Å². The highest BCUT2D eigenvalue weighted by molar-refractivity contribution is 5.90. The lowest BCUT2D eigenvalue weighted by Crippen LogP contribution is -2.56. The van der Waals surface area contributed by atoms with Crippen molar-refractivity contribution < 1.29 is 28.6 Å². The van der Waals surface area contributed by atoms with Crippen molar-refractivity contribution in [3.8, 4) is 17.2 Å². The topological polar surface area (TPSA) is 109 Å². The van der Waals surface area contributed by atoms with Gasteiger partial charge in [-0.25, -0.2) is 4.79 Å². The maximum absolute atomic E-state index is 13.3. The summed E-state index contributed by atoms with van der Waals surface area (Å²) in [6, 6.07) is 11.5. The Labute approximate surface area is 205 Å². The average molecular weight is 485 g/mol. The number of carbonyl (C=O) groups is 3. The van der Waals surface area contributed by atoms with Crippen molar-refractivity contribution >= 4 is 23.5 Å². The van der Waals surface area contributed by atoms with Crippen molar-refractivity contribution in [2.75, 3.05) is 52.8 Å². The molecule has 1 heterocycles. The Morgan fingerprint density at radius 1 is 0.886 bits per heavy atom. The van der Waals surface area contributed by atoms with E-state index in [2.05, 4.69) is 10.6 Å². The first-order valence-electron chi connectivity index (χ1n) is 11.3. The van der Waals surface area contributed by atoms with Gasteiger partial charge in [-0.3, -0.25) is 9.59 Å². The van der Waals surface area contributed by atoms with Crippen LogP contribution >= 0.6 is 0 Å². The highest BCUT2D eigenvalue weighted by atomic mass is 16.5. The number of hydrogen-bond acceptors (Lipinski definition) is 6. The van der Waals surface area contributed by atoms with Crippen molar-refractivity contribution in [3.05, 3.63) is 48.0 Å². The van der Waals surface area contributed by atoms with Crippen molar-refractivity contribution in [3.63, 3.8) is 0 Å². The quantitative estimate of drug-likeness (QED) is 0.594. The molecule has 1 aliphatic rings. The Balaban J connectivity index is 1.61. The molecule has 10 nitrogen and oxygen atoms in total.